The van der Waals surface area contributed by atoms with Gasteiger partial charge in [0.2, 0.25) is 0 Å². The van der Waals surface area contributed by atoms with E-state index in [1.807, 2.05) is 4.68 Å². The van der Waals surface area contributed by atoms with Crippen LogP contribution in [0, 0.1) is 11.8 Å². The Kier molecular flexibility index (Phi) is 5.31. The van der Waals surface area contributed by atoms with E-state index < -0.39 is 0 Å². The van der Waals surface area contributed by atoms with Gasteiger partial charge >= 0.3 is 0 Å². The second-order valence-electron chi connectivity index (χ2n) is 5.92. The maximum absolute atomic E-state index is 4.20. The average Bonchev–Trinajstić information content (AvgIpc) is 2.87. The van der Waals surface area contributed by atoms with Crippen LogP contribution in [0.25, 0.3) is 0 Å². The fraction of sp³-hybridized carbons (Fsp3) is 0.929. The average molecular weight is 265 g/mol. The lowest BCUT2D eigenvalue weighted by molar-refractivity contribution is 0.216. The van der Waals surface area contributed by atoms with E-state index in [1.165, 1.54) is 25.7 Å². The second-order valence-corrected chi connectivity index (χ2v) is 5.92. The van der Waals surface area contributed by atoms with Gasteiger partial charge in [0.15, 0.2) is 5.82 Å². The van der Waals surface area contributed by atoms with E-state index in [0.29, 0.717) is 0 Å². The lowest BCUT2D eigenvalue weighted by atomic mass is 9.80. The number of hydrogen-bond donors (Lipinski definition) is 1. The minimum absolute atomic E-state index is 0.230. The molecule has 1 aromatic rings. The fourth-order valence-corrected chi connectivity index (χ4v) is 2.99. The normalized spacial score (nSPS) is 25.4. The molecule has 1 heterocycles. The van der Waals surface area contributed by atoms with Crippen LogP contribution >= 0.6 is 0 Å². The first-order valence-corrected chi connectivity index (χ1v) is 7.71. The monoisotopic (exact) mass is 265 g/mol. The minimum Gasteiger partial charge on any atom is -0.307 e. The zero-order chi connectivity index (χ0) is 13.7. The van der Waals surface area contributed by atoms with Crippen molar-refractivity contribution in [2.45, 2.75) is 65.5 Å². The Morgan fingerprint density at radius 2 is 2.16 bits per heavy atom. The highest BCUT2D eigenvalue weighted by atomic mass is 15.5. The Hall–Kier alpha value is -0.970. The SMILES string of the molecule is CCCNC(C)c1nnnn1CC1CCCCC1C. The number of nitrogens with one attached hydrogen (secondary N) is 1. The Bertz CT molecular complexity index is 376. The second kappa shape index (κ2) is 6.98. The van der Waals surface area contributed by atoms with Crippen molar-refractivity contribution in [3.05, 3.63) is 5.82 Å². The highest BCUT2D eigenvalue weighted by molar-refractivity contribution is 4.90. The summed E-state index contributed by atoms with van der Waals surface area (Å²) in [6, 6.07) is 0.230. The molecule has 1 aliphatic rings. The van der Waals surface area contributed by atoms with Gasteiger partial charge in [0.25, 0.3) is 0 Å². The van der Waals surface area contributed by atoms with Gasteiger partial charge in [0.05, 0.1) is 6.04 Å². The Morgan fingerprint density at radius 1 is 1.37 bits per heavy atom. The Labute approximate surface area is 116 Å². The molecular weight excluding hydrogens is 238 g/mol. The number of aromatic nitrogens is 4. The molecule has 3 atom stereocenters. The lowest BCUT2D eigenvalue weighted by Gasteiger charge is -2.28. The van der Waals surface area contributed by atoms with Crippen molar-refractivity contribution in [3.63, 3.8) is 0 Å². The van der Waals surface area contributed by atoms with Gasteiger partial charge in [-0.1, -0.05) is 33.1 Å². The number of tetrazole rings is 1. The van der Waals surface area contributed by atoms with Crippen molar-refractivity contribution in [1.82, 2.24) is 25.5 Å². The zero-order valence-electron chi connectivity index (χ0n) is 12.5. The molecule has 5 nitrogen and oxygen atoms in total. The summed E-state index contributed by atoms with van der Waals surface area (Å²) in [4.78, 5) is 0. The Balaban J connectivity index is 1.98. The third-order valence-corrected chi connectivity index (χ3v) is 4.34. The smallest absolute Gasteiger partial charge is 0.167 e. The first-order chi connectivity index (χ1) is 9.22. The molecule has 0 radical (unpaired) electrons. The molecule has 5 heteroatoms. The minimum atomic E-state index is 0.230. The molecule has 0 saturated heterocycles. The molecule has 1 aromatic heterocycles. The van der Waals surface area contributed by atoms with Crippen LogP contribution in [0.1, 0.15) is 64.7 Å². The summed E-state index contributed by atoms with van der Waals surface area (Å²) >= 11 is 0. The first kappa shape index (κ1) is 14.4. The van der Waals surface area contributed by atoms with Crippen LogP contribution in [0.3, 0.4) is 0 Å². The summed E-state index contributed by atoms with van der Waals surface area (Å²) in [7, 11) is 0. The molecule has 1 aliphatic carbocycles. The summed E-state index contributed by atoms with van der Waals surface area (Å²) in [5.74, 6) is 2.50. The molecule has 1 fully saturated rings. The van der Waals surface area contributed by atoms with Crippen LogP contribution in [0.15, 0.2) is 0 Å². The molecule has 0 bridgehead atoms. The predicted octanol–water partition coefficient (Wildman–Crippen LogP) is 2.56. The highest BCUT2D eigenvalue weighted by Gasteiger charge is 2.24. The first-order valence-electron chi connectivity index (χ1n) is 7.71. The van der Waals surface area contributed by atoms with E-state index in [9.17, 15) is 0 Å². The van der Waals surface area contributed by atoms with E-state index >= 15 is 0 Å². The number of rotatable bonds is 6. The number of nitrogens with zero attached hydrogens (tertiary/aromatic N) is 4. The van der Waals surface area contributed by atoms with Crippen molar-refractivity contribution < 1.29 is 0 Å². The van der Waals surface area contributed by atoms with Gasteiger partial charge in [0, 0.05) is 6.54 Å². The van der Waals surface area contributed by atoms with Gasteiger partial charge in [-0.3, -0.25) is 0 Å². The van der Waals surface area contributed by atoms with E-state index in [0.717, 1.165) is 37.2 Å². The van der Waals surface area contributed by atoms with Crippen molar-refractivity contribution in [3.8, 4) is 0 Å². The van der Waals surface area contributed by atoms with Crippen LogP contribution in [0.2, 0.25) is 0 Å². The molecule has 0 aromatic carbocycles. The highest BCUT2D eigenvalue weighted by Crippen LogP contribution is 2.30. The zero-order valence-corrected chi connectivity index (χ0v) is 12.5. The quantitative estimate of drug-likeness (QED) is 0.859. The molecular formula is C14H27N5. The third kappa shape index (κ3) is 3.75. The molecule has 3 unspecified atom stereocenters. The topological polar surface area (TPSA) is 55.6 Å². The molecule has 19 heavy (non-hydrogen) atoms. The van der Waals surface area contributed by atoms with Crippen LogP contribution < -0.4 is 5.32 Å². The van der Waals surface area contributed by atoms with Gasteiger partial charge in [-0.2, -0.15) is 0 Å². The molecule has 1 saturated carbocycles. The summed E-state index contributed by atoms with van der Waals surface area (Å²) in [6.45, 7) is 8.66. The lowest BCUT2D eigenvalue weighted by Crippen LogP contribution is -2.27. The molecule has 1 N–H and O–H groups in total. The van der Waals surface area contributed by atoms with Crippen LogP contribution in [0.4, 0.5) is 0 Å². The maximum Gasteiger partial charge on any atom is 0.167 e. The summed E-state index contributed by atoms with van der Waals surface area (Å²) in [5, 5.41) is 15.7. The third-order valence-electron chi connectivity index (χ3n) is 4.34. The maximum atomic E-state index is 4.20. The molecule has 108 valence electrons. The van der Waals surface area contributed by atoms with Gasteiger partial charge in [-0.05, 0) is 48.6 Å². The predicted molar refractivity (Wildman–Crippen MR) is 75.6 cm³/mol. The van der Waals surface area contributed by atoms with Gasteiger partial charge in [-0.25, -0.2) is 4.68 Å². The molecule has 0 aliphatic heterocycles. The fourth-order valence-electron chi connectivity index (χ4n) is 2.99. The van der Waals surface area contributed by atoms with Gasteiger partial charge in [0.1, 0.15) is 0 Å². The Morgan fingerprint density at radius 3 is 2.89 bits per heavy atom. The molecule has 0 amide bonds. The van der Waals surface area contributed by atoms with E-state index in [1.54, 1.807) is 0 Å². The molecule has 2 rings (SSSR count). The van der Waals surface area contributed by atoms with Crippen LogP contribution in [-0.2, 0) is 6.54 Å². The van der Waals surface area contributed by atoms with E-state index in [4.69, 9.17) is 0 Å². The summed E-state index contributed by atoms with van der Waals surface area (Å²) in [6.07, 6.45) is 6.54. The van der Waals surface area contributed by atoms with Crippen LogP contribution in [-0.4, -0.2) is 26.8 Å². The van der Waals surface area contributed by atoms with Crippen molar-refractivity contribution in [2.24, 2.45) is 11.8 Å². The summed E-state index contributed by atoms with van der Waals surface area (Å²) < 4.78 is 2.01. The standard InChI is InChI=1S/C14H27N5/c1-4-9-15-12(3)14-16-17-18-19(14)10-13-8-6-5-7-11(13)2/h11-13,15H,4-10H2,1-3H3. The van der Waals surface area contributed by atoms with Crippen molar-refractivity contribution >= 4 is 0 Å². The van der Waals surface area contributed by atoms with Crippen molar-refractivity contribution in [2.75, 3.05) is 6.54 Å². The molecule has 0 spiro atoms. The van der Waals surface area contributed by atoms with E-state index in [-0.39, 0.29) is 6.04 Å². The van der Waals surface area contributed by atoms with Gasteiger partial charge in [-0.15, -0.1) is 5.10 Å². The summed E-state index contributed by atoms with van der Waals surface area (Å²) in [5.41, 5.74) is 0. The van der Waals surface area contributed by atoms with Crippen molar-refractivity contribution in [1.29, 1.82) is 0 Å². The largest absolute Gasteiger partial charge is 0.307 e. The van der Waals surface area contributed by atoms with E-state index in [2.05, 4.69) is 41.6 Å². The van der Waals surface area contributed by atoms with Gasteiger partial charge < -0.3 is 5.32 Å². The number of hydrogen-bond acceptors (Lipinski definition) is 4. The van der Waals surface area contributed by atoms with Crippen LogP contribution in [0.5, 0.6) is 0 Å².